The topological polar surface area (TPSA) is 26.3 Å². The molecule has 0 radical (unpaired) electrons. The number of halogens is 1. The molecule has 3 heteroatoms. The van der Waals surface area contributed by atoms with Gasteiger partial charge in [0.25, 0.3) is 0 Å². The van der Waals surface area contributed by atoms with Gasteiger partial charge in [0.1, 0.15) is 5.75 Å². The maximum atomic E-state index is 12.0. The van der Waals surface area contributed by atoms with Crippen LogP contribution >= 0.6 is 11.6 Å². The van der Waals surface area contributed by atoms with E-state index in [1.807, 2.05) is 26.0 Å². The summed E-state index contributed by atoms with van der Waals surface area (Å²) >= 11 is 6.35. The van der Waals surface area contributed by atoms with Gasteiger partial charge in [0, 0.05) is 0 Å². The number of rotatable bonds is 11. The molecule has 0 saturated carbocycles. The number of aryl methyl sites for hydroxylation is 1. The van der Waals surface area contributed by atoms with Gasteiger partial charge in [-0.15, -0.1) is 0 Å². The number of benzene rings is 2. The van der Waals surface area contributed by atoms with Crippen molar-refractivity contribution in [3.05, 3.63) is 53.1 Å². The Kier molecular flexibility index (Phi) is 9.57. The zero-order chi connectivity index (χ0) is 20.4. The molecule has 2 nitrogen and oxygen atoms in total. The first-order valence-electron chi connectivity index (χ1n) is 10.7. The van der Waals surface area contributed by atoms with Crippen molar-refractivity contribution in [2.45, 2.75) is 72.1 Å². The number of ether oxygens (including phenoxy) is 1. The monoisotopic (exact) mass is 400 g/mol. The predicted molar refractivity (Wildman–Crippen MR) is 119 cm³/mol. The van der Waals surface area contributed by atoms with E-state index in [4.69, 9.17) is 16.3 Å². The Morgan fingerprint density at radius 1 is 0.929 bits per heavy atom. The highest BCUT2D eigenvalue weighted by Crippen LogP contribution is 2.31. The SMILES string of the molecule is CCCCCCCCc1ccc(-c2ccc(OC(=O)C(C)CC)c(Cl)c2)cc1. The Balaban J connectivity index is 1.92. The van der Waals surface area contributed by atoms with Crippen LogP contribution in [0.25, 0.3) is 11.1 Å². The Bertz CT molecular complexity index is 737. The van der Waals surface area contributed by atoms with Gasteiger partial charge in [0.2, 0.25) is 0 Å². The first kappa shape index (κ1) is 22.5. The zero-order valence-corrected chi connectivity index (χ0v) is 18.2. The van der Waals surface area contributed by atoms with Crippen molar-refractivity contribution in [2.75, 3.05) is 0 Å². The van der Waals surface area contributed by atoms with Gasteiger partial charge in [-0.2, -0.15) is 0 Å². The average Bonchev–Trinajstić information content (AvgIpc) is 2.71. The van der Waals surface area contributed by atoms with Crippen LogP contribution in [0, 0.1) is 5.92 Å². The first-order chi connectivity index (χ1) is 13.5. The third kappa shape index (κ3) is 6.98. The van der Waals surface area contributed by atoms with Gasteiger partial charge >= 0.3 is 5.97 Å². The van der Waals surface area contributed by atoms with Crippen LogP contribution in [0.3, 0.4) is 0 Å². The molecule has 0 saturated heterocycles. The lowest BCUT2D eigenvalue weighted by Crippen LogP contribution is -2.17. The number of unbranched alkanes of at least 4 members (excludes halogenated alkanes) is 5. The molecule has 0 heterocycles. The maximum Gasteiger partial charge on any atom is 0.314 e. The van der Waals surface area contributed by atoms with E-state index >= 15 is 0 Å². The molecule has 0 aromatic heterocycles. The maximum absolute atomic E-state index is 12.0. The minimum Gasteiger partial charge on any atom is -0.425 e. The Morgan fingerprint density at radius 3 is 2.21 bits per heavy atom. The number of hydrogen-bond acceptors (Lipinski definition) is 2. The highest BCUT2D eigenvalue weighted by molar-refractivity contribution is 6.32. The summed E-state index contributed by atoms with van der Waals surface area (Å²) in [5.41, 5.74) is 3.53. The Morgan fingerprint density at radius 2 is 1.57 bits per heavy atom. The summed E-state index contributed by atoms with van der Waals surface area (Å²) in [6.45, 7) is 6.08. The molecule has 2 rings (SSSR count). The average molecular weight is 401 g/mol. The molecule has 28 heavy (non-hydrogen) atoms. The van der Waals surface area contributed by atoms with Gasteiger partial charge < -0.3 is 4.74 Å². The second-order valence-electron chi connectivity index (χ2n) is 7.59. The van der Waals surface area contributed by atoms with E-state index in [0.717, 1.165) is 24.0 Å². The van der Waals surface area contributed by atoms with Gasteiger partial charge in [-0.25, -0.2) is 0 Å². The highest BCUT2D eigenvalue weighted by Gasteiger charge is 2.15. The second kappa shape index (κ2) is 11.9. The molecule has 0 N–H and O–H groups in total. The second-order valence-corrected chi connectivity index (χ2v) is 8.00. The van der Waals surface area contributed by atoms with Crippen LogP contribution in [0.4, 0.5) is 0 Å². The van der Waals surface area contributed by atoms with Gasteiger partial charge in [0.15, 0.2) is 0 Å². The minimum absolute atomic E-state index is 0.130. The van der Waals surface area contributed by atoms with Crippen LogP contribution in [0.5, 0.6) is 5.75 Å². The summed E-state index contributed by atoms with van der Waals surface area (Å²) in [7, 11) is 0. The normalized spacial score (nSPS) is 12.0. The highest BCUT2D eigenvalue weighted by atomic mass is 35.5. The number of hydrogen-bond donors (Lipinski definition) is 0. The van der Waals surface area contributed by atoms with Crippen molar-refractivity contribution in [3.8, 4) is 16.9 Å². The van der Waals surface area contributed by atoms with Gasteiger partial charge in [-0.05, 0) is 48.1 Å². The van der Waals surface area contributed by atoms with E-state index in [2.05, 4.69) is 31.2 Å². The first-order valence-corrected chi connectivity index (χ1v) is 11.0. The molecule has 0 fully saturated rings. The Hall–Kier alpha value is -1.80. The van der Waals surface area contributed by atoms with E-state index in [1.165, 1.54) is 44.1 Å². The molecule has 152 valence electrons. The summed E-state index contributed by atoms with van der Waals surface area (Å²) < 4.78 is 5.42. The smallest absolute Gasteiger partial charge is 0.314 e. The van der Waals surface area contributed by atoms with E-state index in [-0.39, 0.29) is 11.9 Å². The lowest BCUT2D eigenvalue weighted by Gasteiger charge is -2.11. The third-order valence-corrected chi connectivity index (χ3v) is 5.56. The molecular weight excluding hydrogens is 368 g/mol. The summed E-state index contributed by atoms with van der Waals surface area (Å²) in [5.74, 6) is 0.0570. The van der Waals surface area contributed by atoms with Crippen molar-refractivity contribution >= 4 is 17.6 Å². The fourth-order valence-corrected chi connectivity index (χ4v) is 3.33. The fraction of sp³-hybridized carbons (Fsp3) is 0.480. The van der Waals surface area contributed by atoms with Gasteiger partial charge in [-0.1, -0.05) is 94.8 Å². The molecule has 0 aliphatic heterocycles. The zero-order valence-electron chi connectivity index (χ0n) is 17.5. The Labute approximate surface area is 175 Å². The number of esters is 1. The molecule has 0 aliphatic rings. The quantitative estimate of drug-likeness (QED) is 0.218. The number of carbonyl (C=O) groups is 1. The molecule has 2 aromatic rings. The minimum atomic E-state index is -0.240. The molecule has 0 aliphatic carbocycles. The number of carbonyl (C=O) groups excluding carboxylic acids is 1. The van der Waals surface area contributed by atoms with E-state index in [9.17, 15) is 4.79 Å². The standard InChI is InChI=1S/C25H33ClO2/c1-4-6-7-8-9-10-11-20-12-14-21(15-13-20)22-16-17-24(23(26)18-22)28-25(27)19(3)5-2/h12-19H,4-11H2,1-3H3. The van der Waals surface area contributed by atoms with Gasteiger partial charge in [0.05, 0.1) is 10.9 Å². The van der Waals surface area contributed by atoms with Crippen LogP contribution in [0.15, 0.2) is 42.5 Å². The van der Waals surface area contributed by atoms with Gasteiger partial charge in [-0.3, -0.25) is 4.79 Å². The van der Waals surface area contributed by atoms with E-state index in [0.29, 0.717) is 10.8 Å². The van der Waals surface area contributed by atoms with Crippen LogP contribution in [0.1, 0.15) is 71.3 Å². The van der Waals surface area contributed by atoms with Crippen molar-refractivity contribution in [3.63, 3.8) is 0 Å². The van der Waals surface area contributed by atoms with Crippen LogP contribution in [-0.4, -0.2) is 5.97 Å². The fourth-order valence-electron chi connectivity index (χ4n) is 3.11. The molecule has 2 aromatic carbocycles. The molecule has 0 bridgehead atoms. The van der Waals surface area contributed by atoms with Crippen molar-refractivity contribution in [2.24, 2.45) is 5.92 Å². The lowest BCUT2D eigenvalue weighted by molar-refractivity contribution is -0.138. The summed E-state index contributed by atoms with van der Waals surface area (Å²) in [6, 6.07) is 14.3. The summed E-state index contributed by atoms with van der Waals surface area (Å²) in [4.78, 5) is 12.0. The summed E-state index contributed by atoms with van der Waals surface area (Å²) in [6.07, 6.45) is 9.81. The largest absolute Gasteiger partial charge is 0.425 e. The van der Waals surface area contributed by atoms with Crippen molar-refractivity contribution in [1.29, 1.82) is 0 Å². The molecular formula is C25H33ClO2. The summed E-state index contributed by atoms with van der Waals surface area (Å²) in [5, 5.41) is 0.463. The van der Waals surface area contributed by atoms with Crippen LogP contribution in [-0.2, 0) is 11.2 Å². The molecule has 0 spiro atoms. The van der Waals surface area contributed by atoms with Crippen LogP contribution in [0.2, 0.25) is 5.02 Å². The van der Waals surface area contributed by atoms with Crippen molar-refractivity contribution < 1.29 is 9.53 Å². The predicted octanol–water partition coefficient (Wildman–Crippen LogP) is 7.86. The van der Waals surface area contributed by atoms with Crippen molar-refractivity contribution in [1.82, 2.24) is 0 Å². The molecule has 1 unspecified atom stereocenters. The molecule has 0 amide bonds. The van der Waals surface area contributed by atoms with E-state index < -0.39 is 0 Å². The lowest BCUT2D eigenvalue weighted by atomic mass is 10.0. The third-order valence-electron chi connectivity index (χ3n) is 5.26. The molecule has 1 atom stereocenters. The van der Waals surface area contributed by atoms with E-state index in [1.54, 1.807) is 6.07 Å². The van der Waals surface area contributed by atoms with Crippen LogP contribution < -0.4 is 4.74 Å².